The van der Waals surface area contributed by atoms with Gasteiger partial charge in [-0.25, -0.2) is 0 Å². The first-order chi connectivity index (χ1) is 12.7. The molecule has 0 aliphatic rings. The lowest BCUT2D eigenvalue weighted by Gasteiger charge is -2.05. The van der Waals surface area contributed by atoms with Crippen molar-refractivity contribution in [2.45, 2.75) is 77.7 Å². The standard InChI is InChI=1S/C21H34N2O3/c1-2-3-4-5-6-7-8-9-10-14-20(25)19-13-11-12-16-23(19)18-21(26)22-15-17-24/h11-13,16,24H,2-10,14-15,17-18H2,1H3/p+1. The van der Waals surface area contributed by atoms with Crippen molar-refractivity contribution < 1.29 is 19.3 Å². The van der Waals surface area contributed by atoms with Crippen molar-refractivity contribution in [3.63, 3.8) is 0 Å². The van der Waals surface area contributed by atoms with Crippen LogP contribution in [0, 0.1) is 0 Å². The van der Waals surface area contributed by atoms with E-state index in [0.717, 1.165) is 12.8 Å². The van der Waals surface area contributed by atoms with Crippen molar-refractivity contribution in [1.82, 2.24) is 5.32 Å². The van der Waals surface area contributed by atoms with Gasteiger partial charge in [-0.15, -0.1) is 0 Å². The van der Waals surface area contributed by atoms with Crippen LogP contribution < -0.4 is 9.88 Å². The topological polar surface area (TPSA) is 70.3 Å². The number of hydrogen-bond donors (Lipinski definition) is 2. The Morgan fingerprint density at radius 2 is 1.65 bits per heavy atom. The lowest BCUT2D eigenvalue weighted by atomic mass is 10.0. The van der Waals surface area contributed by atoms with Gasteiger partial charge in [0, 0.05) is 25.1 Å². The number of nitrogens with zero attached hydrogens (tertiary/aromatic N) is 1. The summed E-state index contributed by atoms with van der Waals surface area (Å²) in [7, 11) is 0. The van der Waals surface area contributed by atoms with Crippen LogP contribution in [0.4, 0.5) is 0 Å². The van der Waals surface area contributed by atoms with E-state index in [1.165, 1.54) is 44.9 Å². The number of ketones is 1. The van der Waals surface area contributed by atoms with E-state index < -0.39 is 0 Å². The van der Waals surface area contributed by atoms with Gasteiger partial charge < -0.3 is 10.4 Å². The molecule has 0 bridgehead atoms. The zero-order chi connectivity index (χ0) is 19.0. The average Bonchev–Trinajstić information content (AvgIpc) is 2.65. The molecule has 1 aromatic rings. The Bertz CT molecular complexity index is 532. The number of rotatable bonds is 15. The summed E-state index contributed by atoms with van der Waals surface area (Å²) in [5.74, 6) is -0.115. The lowest BCUT2D eigenvalue weighted by Crippen LogP contribution is -2.47. The third-order valence-electron chi connectivity index (χ3n) is 4.48. The van der Waals surface area contributed by atoms with Crippen LogP contribution in [0.5, 0.6) is 0 Å². The molecule has 1 amide bonds. The predicted molar refractivity (Wildman–Crippen MR) is 103 cm³/mol. The van der Waals surface area contributed by atoms with Gasteiger partial charge in [0.25, 0.3) is 5.91 Å². The normalized spacial score (nSPS) is 10.7. The van der Waals surface area contributed by atoms with Gasteiger partial charge in [-0.05, 0) is 12.5 Å². The number of pyridine rings is 1. The van der Waals surface area contributed by atoms with Crippen molar-refractivity contribution in [2.75, 3.05) is 13.2 Å². The van der Waals surface area contributed by atoms with Crippen LogP contribution in [0.1, 0.15) is 81.6 Å². The summed E-state index contributed by atoms with van der Waals surface area (Å²) in [4.78, 5) is 24.3. The fourth-order valence-electron chi connectivity index (χ4n) is 3.00. The van der Waals surface area contributed by atoms with Crippen molar-refractivity contribution >= 4 is 11.7 Å². The Labute approximate surface area is 157 Å². The fourth-order valence-corrected chi connectivity index (χ4v) is 3.00. The Morgan fingerprint density at radius 1 is 1.00 bits per heavy atom. The molecule has 146 valence electrons. The van der Waals surface area contributed by atoms with Gasteiger partial charge in [-0.3, -0.25) is 9.59 Å². The van der Waals surface area contributed by atoms with Crippen LogP contribution in [0.2, 0.25) is 0 Å². The van der Waals surface area contributed by atoms with Crippen molar-refractivity contribution in [3.8, 4) is 0 Å². The van der Waals surface area contributed by atoms with E-state index in [9.17, 15) is 9.59 Å². The highest BCUT2D eigenvalue weighted by Crippen LogP contribution is 2.11. The second-order valence-electron chi connectivity index (χ2n) is 6.79. The maximum atomic E-state index is 12.5. The summed E-state index contributed by atoms with van der Waals surface area (Å²) in [5.41, 5.74) is 0.575. The summed E-state index contributed by atoms with van der Waals surface area (Å²) in [6, 6.07) is 5.41. The molecule has 0 aromatic carbocycles. The first-order valence-corrected chi connectivity index (χ1v) is 10.1. The largest absolute Gasteiger partial charge is 0.395 e. The van der Waals surface area contributed by atoms with Gasteiger partial charge in [-0.2, -0.15) is 4.57 Å². The molecule has 0 radical (unpaired) electrons. The van der Waals surface area contributed by atoms with Gasteiger partial charge in [-0.1, -0.05) is 58.3 Å². The number of amides is 1. The first kappa shape index (κ1) is 22.3. The van der Waals surface area contributed by atoms with Crippen molar-refractivity contribution in [3.05, 3.63) is 30.1 Å². The molecule has 0 spiro atoms. The quantitative estimate of drug-likeness (QED) is 0.286. The van der Waals surface area contributed by atoms with Crippen molar-refractivity contribution in [1.29, 1.82) is 0 Å². The number of nitrogens with one attached hydrogen (secondary N) is 1. The molecule has 26 heavy (non-hydrogen) atoms. The Kier molecular flexibility index (Phi) is 12.4. The molecule has 0 saturated carbocycles. The fraction of sp³-hybridized carbons (Fsp3) is 0.667. The average molecular weight is 364 g/mol. The maximum Gasteiger partial charge on any atom is 0.286 e. The lowest BCUT2D eigenvalue weighted by molar-refractivity contribution is -0.686. The van der Waals surface area contributed by atoms with Gasteiger partial charge in [0.1, 0.15) is 0 Å². The minimum absolute atomic E-state index is 0.0866. The molecule has 0 atom stereocenters. The molecule has 0 unspecified atom stereocenters. The highest BCUT2D eigenvalue weighted by molar-refractivity contribution is 5.92. The summed E-state index contributed by atoms with van der Waals surface area (Å²) in [5, 5.41) is 11.4. The van der Waals surface area contributed by atoms with Gasteiger partial charge in [0.15, 0.2) is 6.20 Å². The van der Waals surface area contributed by atoms with Gasteiger partial charge in [0.2, 0.25) is 18.0 Å². The zero-order valence-corrected chi connectivity index (χ0v) is 16.2. The first-order valence-electron chi connectivity index (χ1n) is 10.1. The summed E-state index contributed by atoms with van der Waals surface area (Å²) in [6.07, 6.45) is 13.3. The number of unbranched alkanes of at least 4 members (excludes halogenated alkanes) is 8. The second-order valence-corrected chi connectivity index (χ2v) is 6.79. The van der Waals surface area contributed by atoms with E-state index in [1.54, 1.807) is 16.8 Å². The van der Waals surface area contributed by atoms with Crippen molar-refractivity contribution in [2.24, 2.45) is 0 Å². The molecular weight excluding hydrogens is 328 g/mol. The summed E-state index contributed by atoms with van der Waals surface area (Å²) < 4.78 is 1.68. The van der Waals surface area contributed by atoms with E-state index in [1.807, 2.05) is 12.1 Å². The summed E-state index contributed by atoms with van der Waals surface area (Å²) >= 11 is 0. The van der Waals surface area contributed by atoms with Crippen LogP contribution in [-0.2, 0) is 11.3 Å². The number of carbonyl (C=O) groups excluding carboxylic acids is 2. The van der Waals surface area contributed by atoms with Crippen LogP contribution >= 0.6 is 0 Å². The number of aliphatic hydroxyl groups excluding tert-OH is 1. The molecule has 0 aliphatic carbocycles. The van der Waals surface area contributed by atoms with E-state index >= 15 is 0 Å². The predicted octanol–water partition coefficient (Wildman–Crippen LogP) is 3.19. The van der Waals surface area contributed by atoms with Gasteiger partial charge in [0.05, 0.1) is 6.61 Å². The van der Waals surface area contributed by atoms with Gasteiger partial charge >= 0.3 is 0 Å². The molecule has 0 saturated heterocycles. The number of hydrogen-bond acceptors (Lipinski definition) is 3. The second kappa shape index (κ2) is 14.4. The molecule has 5 heteroatoms. The molecule has 2 N–H and O–H groups in total. The number of Topliss-reactive ketones (excluding diaryl/α,β-unsaturated/α-hetero) is 1. The molecule has 0 fully saturated rings. The Hall–Kier alpha value is -1.75. The molecule has 1 rings (SSSR count). The minimum Gasteiger partial charge on any atom is -0.395 e. The Balaban J connectivity index is 2.30. The maximum absolute atomic E-state index is 12.5. The molecule has 0 aliphatic heterocycles. The Morgan fingerprint density at radius 3 is 2.31 bits per heavy atom. The number of carbonyl (C=O) groups is 2. The van der Waals surface area contributed by atoms with Crippen LogP contribution in [-0.4, -0.2) is 29.9 Å². The highest BCUT2D eigenvalue weighted by atomic mass is 16.3. The monoisotopic (exact) mass is 363 g/mol. The van der Waals surface area contributed by atoms with Crippen LogP contribution in [0.3, 0.4) is 0 Å². The molecular formula is C21H35N2O3+. The summed E-state index contributed by atoms with van der Waals surface area (Å²) in [6.45, 7) is 2.47. The number of aliphatic hydroxyl groups is 1. The zero-order valence-electron chi connectivity index (χ0n) is 16.2. The van der Waals surface area contributed by atoms with E-state index in [-0.39, 0.29) is 31.4 Å². The molecule has 1 aromatic heterocycles. The highest BCUT2D eigenvalue weighted by Gasteiger charge is 2.20. The molecule has 1 heterocycles. The number of aromatic nitrogens is 1. The third-order valence-corrected chi connectivity index (χ3v) is 4.48. The van der Waals surface area contributed by atoms with E-state index in [2.05, 4.69) is 12.2 Å². The van der Waals surface area contributed by atoms with E-state index in [4.69, 9.17) is 5.11 Å². The third kappa shape index (κ3) is 9.66. The smallest absolute Gasteiger partial charge is 0.286 e. The minimum atomic E-state index is -0.202. The molecule has 5 nitrogen and oxygen atoms in total. The van der Waals surface area contributed by atoms with Crippen LogP contribution in [0.15, 0.2) is 24.4 Å². The van der Waals surface area contributed by atoms with E-state index in [0.29, 0.717) is 12.1 Å². The van der Waals surface area contributed by atoms with Crippen LogP contribution in [0.25, 0.3) is 0 Å². The SMILES string of the molecule is CCCCCCCCCCCC(=O)c1cccc[n+]1CC(=O)NCCO.